The number of hydrogen-bond acceptors (Lipinski definition) is 3. The molecule has 2 aliphatic rings. The van der Waals surface area contributed by atoms with Crippen LogP contribution in [0.15, 0.2) is 59.6 Å². The van der Waals surface area contributed by atoms with Gasteiger partial charge in [-0.15, -0.1) is 0 Å². The van der Waals surface area contributed by atoms with E-state index >= 15 is 0 Å². The van der Waals surface area contributed by atoms with Crippen molar-refractivity contribution in [3.63, 3.8) is 0 Å². The first-order valence-electron chi connectivity index (χ1n) is 8.90. The van der Waals surface area contributed by atoms with Gasteiger partial charge in [0.05, 0.1) is 0 Å². The number of nitrogens with zero attached hydrogens (tertiary/aromatic N) is 2. The molecule has 1 aliphatic heterocycles. The molecule has 0 aromatic heterocycles. The van der Waals surface area contributed by atoms with Gasteiger partial charge in [0, 0.05) is 11.1 Å². The molecule has 0 radical (unpaired) electrons. The number of thiocarbonyl (C=S) groups is 1. The molecule has 1 aliphatic carbocycles. The van der Waals surface area contributed by atoms with Gasteiger partial charge in [-0.25, -0.2) is 4.39 Å². The molecule has 4 rings (SSSR count). The predicted octanol–water partition coefficient (Wildman–Crippen LogP) is 4.76. The number of amides is 1. The smallest absolute Gasteiger partial charge is 0.260 e. The summed E-state index contributed by atoms with van der Waals surface area (Å²) in [4.78, 5) is 20.4. The third-order valence-electron chi connectivity index (χ3n) is 5.14. The van der Waals surface area contributed by atoms with Crippen LogP contribution in [0.1, 0.15) is 48.0 Å². The molecule has 132 valence electrons. The lowest BCUT2D eigenvalue weighted by Gasteiger charge is -2.38. The van der Waals surface area contributed by atoms with E-state index in [1.54, 1.807) is 29.2 Å². The predicted molar refractivity (Wildman–Crippen MR) is 104 cm³/mol. The largest absolute Gasteiger partial charge is 0.271 e. The third kappa shape index (κ3) is 2.86. The summed E-state index contributed by atoms with van der Waals surface area (Å²) in [6.45, 7) is 0. The Kier molecular flexibility index (Phi) is 4.41. The summed E-state index contributed by atoms with van der Waals surface area (Å²) in [5.74, 6) is -0.416. The number of hydrogen-bond donors (Lipinski definition) is 0. The van der Waals surface area contributed by atoms with Crippen molar-refractivity contribution in [2.75, 3.05) is 0 Å². The number of benzene rings is 2. The second-order valence-corrected chi connectivity index (χ2v) is 7.21. The van der Waals surface area contributed by atoms with Crippen LogP contribution in [-0.2, 0) is 0 Å². The average molecular weight is 366 g/mol. The quantitative estimate of drug-likeness (QED) is 0.718. The SMILES string of the molecule is O=C(c1ccccc1)N1C(=S)C(c2ccc(F)cc2)=NC12CCCCC2. The number of aliphatic imine (C=N–C) groups is 1. The molecule has 1 saturated carbocycles. The Morgan fingerprint density at radius 1 is 1.00 bits per heavy atom. The molecular weight excluding hydrogens is 347 g/mol. The molecule has 2 aromatic rings. The minimum Gasteiger partial charge on any atom is -0.271 e. The van der Waals surface area contributed by atoms with Crippen molar-refractivity contribution < 1.29 is 9.18 Å². The highest BCUT2D eigenvalue weighted by Crippen LogP contribution is 2.41. The van der Waals surface area contributed by atoms with E-state index in [-0.39, 0.29) is 11.7 Å². The van der Waals surface area contributed by atoms with Crippen LogP contribution in [0.3, 0.4) is 0 Å². The number of carbonyl (C=O) groups excluding carboxylic acids is 1. The standard InChI is InChI=1S/C21H19FN2OS/c22-17-11-9-15(10-12-17)18-20(26)24(19(25)16-7-3-1-4-8-16)21(23-18)13-5-2-6-14-21/h1,3-4,7-12H,2,5-6,13-14H2. The summed E-state index contributed by atoms with van der Waals surface area (Å²) >= 11 is 5.69. The normalized spacial score (nSPS) is 18.9. The van der Waals surface area contributed by atoms with Crippen LogP contribution < -0.4 is 0 Å². The molecule has 26 heavy (non-hydrogen) atoms. The second kappa shape index (κ2) is 6.72. The maximum absolute atomic E-state index is 13.3. The molecule has 0 N–H and O–H groups in total. The van der Waals surface area contributed by atoms with Crippen molar-refractivity contribution in [3.05, 3.63) is 71.5 Å². The zero-order valence-corrected chi connectivity index (χ0v) is 15.1. The fraction of sp³-hybridized carbons (Fsp3) is 0.286. The van der Waals surface area contributed by atoms with Crippen molar-refractivity contribution in [2.24, 2.45) is 4.99 Å². The van der Waals surface area contributed by atoms with E-state index in [4.69, 9.17) is 17.2 Å². The van der Waals surface area contributed by atoms with E-state index in [1.165, 1.54) is 12.1 Å². The molecular formula is C21H19FN2OS. The van der Waals surface area contributed by atoms with E-state index in [0.717, 1.165) is 37.7 Å². The highest BCUT2D eigenvalue weighted by molar-refractivity contribution is 7.82. The molecule has 0 saturated heterocycles. The van der Waals surface area contributed by atoms with Crippen LogP contribution in [-0.4, -0.2) is 27.2 Å². The third-order valence-corrected chi connectivity index (χ3v) is 5.51. The van der Waals surface area contributed by atoms with Crippen LogP contribution in [0.25, 0.3) is 0 Å². The summed E-state index contributed by atoms with van der Waals surface area (Å²) in [6, 6.07) is 15.3. The van der Waals surface area contributed by atoms with Crippen LogP contribution in [0.2, 0.25) is 0 Å². The van der Waals surface area contributed by atoms with Crippen molar-refractivity contribution in [3.8, 4) is 0 Å². The molecule has 2 aromatic carbocycles. The number of halogens is 1. The summed E-state index contributed by atoms with van der Waals surface area (Å²) in [5, 5.41) is 0. The van der Waals surface area contributed by atoms with Gasteiger partial charge in [-0.1, -0.05) is 36.8 Å². The minimum atomic E-state index is -0.605. The molecule has 1 spiro atoms. The Morgan fingerprint density at radius 2 is 1.65 bits per heavy atom. The lowest BCUT2D eigenvalue weighted by atomic mass is 9.88. The Hall–Kier alpha value is -2.40. The van der Waals surface area contributed by atoms with Gasteiger partial charge in [0.2, 0.25) is 0 Å². The maximum atomic E-state index is 13.3. The molecule has 5 heteroatoms. The van der Waals surface area contributed by atoms with Crippen molar-refractivity contribution in [1.29, 1.82) is 0 Å². The Bertz CT molecular complexity index is 871. The first-order valence-corrected chi connectivity index (χ1v) is 9.31. The molecule has 3 nitrogen and oxygen atoms in total. The lowest BCUT2D eigenvalue weighted by molar-refractivity contribution is 0.0648. The topological polar surface area (TPSA) is 32.7 Å². The van der Waals surface area contributed by atoms with E-state index in [2.05, 4.69) is 0 Å². The number of rotatable bonds is 2. The van der Waals surface area contributed by atoms with Gasteiger partial charge in [0.25, 0.3) is 5.91 Å². The Balaban J connectivity index is 1.77. The monoisotopic (exact) mass is 366 g/mol. The second-order valence-electron chi connectivity index (χ2n) is 6.82. The van der Waals surface area contributed by atoms with Gasteiger partial charge in [0.15, 0.2) is 0 Å². The van der Waals surface area contributed by atoms with Gasteiger partial charge in [0.1, 0.15) is 22.2 Å². The highest BCUT2D eigenvalue weighted by atomic mass is 32.1. The summed E-state index contributed by atoms with van der Waals surface area (Å²) in [6.07, 6.45) is 4.78. The van der Waals surface area contributed by atoms with E-state index < -0.39 is 5.66 Å². The van der Waals surface area contributed by atoms with Gasteiger partial charge in [-0.05, 0) is 62.1 Å². The van der Waals surface area contributed by atoms with Crippen molar-refractivity contribution in [2.45, 2.75) is 37.8 Å². The summed E-state index contributed by atoms with van der Waals surface area (Å²) in [7, 11) is 0. The zero-order valence-electron chi connectivity index (χ0n) is 14.3. The van der Waals surface area contributed by atoms with E-state index in [0.29, 0.717) is 16.3 Å². The summed E-state index contributed by atoms with van der Waals surface area (Å²) < 4.78 is 13.3. The molecule has 0 atom stereocenters. The maximum Gasteiger partial charge on any atom is 0.260 e. The van der Waals surface area contributed by atoms with Crippen LogP contribution in [0.4, 0.5) is 4.39 Å². The van der Waals surface area contributed by atoms with E-state index in [9.17, 15) is 9.18 Å². The van der Waals surface area contributed by atoms with Gasteiger partial charge >= 0.3 is 0 Å². The van der Waals surface area contributed by atoms with Gasteiger partial charge in [-0.3, -0.25) is 14.7 Å². The first kappa shape index (κ1) is 17.0. The minimum absolute atomic E-state index is 0.113. The lowest BCUT2D eigenvalue weighted by Crippen LogP contribution is -2.50. The molecule has 1 fully saturated rings. The fourth-order valence-corrected chi connectivity index (χ4v) is 4.26. The zero-order chi connectivity index (χ0) is 18.1. The van der Waals surface area contributed by atoms with Crippen LogP contribution in [0.5, 0.6) is 0 Å². The Labute approximate surface area is 157 Å². The van der Waals surface area contributed by atoms with Crippen molar-refractivity contribution >= 4 is 28.8 Å². The molecule has 1 heterocycles. The highest BCUT2D eigenvalue weighted by Gasteiger charge is 2.48. The van der Waals surface area contributed by atoms with Gasteiger partial charge < -0.3 is 0 Å². The van der Waals surface area contributed by atoms with Gasteiger partial charge in [-0.2, -0.15) is 0 Å². The summed E-state index contributed by atoms with van der Waals surface area (Å²) in [5.41, 5.74) is 1.37. The molecule has 0 unspecified atom stereocenters. The van der Waals surface area contributed by atoms with Crippen molar-refractivity contribution in [1.82, 2.24) is 4.90 Å². The first-order chi connectivity index (χ1) is 12.6. The fourth-order valence-electron chi connectivity index (χ4n) is 3.84. The van der Waals surface area contributed by atoms with Crippen LogP contribution >= 0.6 is 12.2 Å². The molecule has 0 bridgehead atoms. The van der Waals surface area contributed by atoms with Crippen LogP contribution in [0, 0.1) is 5.82 Å². The Morgan fingerprint density at radius 3 is 2.31 bits per heavy atom. The molecule has 1 amide bonds. The number of carbonyl (C=O) groups is 1. The average Bonchev–Trinajstić information content (AvgIpc) is 2.95. The van der Waals surface area contributed by atoms with E-state index in [1.807, 2.05) is 18.2 Å².